The van der Waals surface area contributed by atoms with Gasteiger partial charge in [-0.15, -0.1) is 0 Å². The molecule has 0 radical (unpaired) electrons. The number of carbonyl (C=O) groups excluding carboxylic acids is 1. The van der Waals surface area contributed by atoms with Gasteiger partial charge in [-0.1, -0.05) is 24.8 Å². The monoisotopic (exact) mass is 284 g/mol. The van der Waals surface area contributed by atoms with Gasteiger partial charge in [0.2, 0.25) is 0 Å². The largest absolute Gasteiger partial charge is 0.497 e. The Morgan fingerprint density at radius 2 is 1.62 bits per heavy atom. The van der Waals surface area contributed by atoms with E-state index in [1.165, 1.54) is 7.11 Å². The van der Waals surface area contributed by atoms with Crippen LogP contribution in [0.4, 0.5) is 0 Å². The lowest BCUT2D eigenvalue weighted by Gasteiger charge is -2.10. The summed E-state index contributed by atoms with van der Waals surface area (Å²) in [7, 11) is 3.15. The Bertz CT molecular complexity index is 644. The topological polar surface area (TPSA) is 44.8 Å². The fraction of sp³-hybridized carbons (Fsp3) is 0.118. The molecule has 108 valence electrons. The first-order valence-electron chi connectivity index (χ1n) is 6.34. The lowest BCUT2D eigenvalue weighted by Crippen LogP contribution is -2.04. The molecule has 0 amide bonds. The van der Waals surface area contributed by atoms with E-state index in [0.717, 1.165) is 23.0 Å². The number of rotatable bonds is 5. The summed E-state index contributed by atoms with van der Waals surface area (Å²) in [4.78, 5) is 11.3. The predicted octanol–water partition coefficient (Wildman–Crippen LogP) is 3.46. The summed E-state index contributed by atoms with van der Waals surface area (Å²) in [5.41, 5.74) is 1.96. The number of esters is 1. The Hall–Kier alpha value is -2.75. The van der Waals surface area contributed by atoms with Crippen molar-refractivity contribution in [2.24, 2.45) is 0 Å². The Labute approximate surface area is 123 Å². The highest BCUT2D eigenvalue weighted by molar-refractivity contribution is 5.84. The van der Waals surface area contributed by atoms with Gasteiger partial charge in [-0.05, 0) is 35.4 Å². The second kappa shape index (κ2) is 6.61. The maximum atomic E-state index is 11.3. The van der Waals surface area contributed by atoms with Crippen LogP contribution in [0.1, 0.15) is 0 Å². The van der Waals surface area contributed by atoms with Crippen LogP contribution in [0.15, 0.2) is 55.1 Å². The summed E-state index contributed by atoms with van der Waals surface area (Å²) in [5, 5.41) is 0. The summed E-state index contributed by atoms with van der Waals surface area (Å²) in [6.45, 7) is 3.37. The third-order valence-corrected chi connectivity index (χ3v) is 2.96. The van der Waals surface area contributed by atoms with Crippen LogP contribution in [0.3, 0.4) is 0 Å². The minimum absolute atomic E-state index is 0.361. The average molecular weight is 284 g/mol. The molecule has 4 heteroatoms. The SMILES string of the molecule is C=CC(=O)Oc1ccc(-c2ccc(OC)cc2)cc1OC. The fourth-order valence-electron chi connectivity index (χ4n) is 1.86. The molecular formula is C17H16O4. The first-order chi connectivity index (χ1) is 10.2. The van der Waals surface area contributed by atoms with Gasteiger partial charge in [-0.2, -0.15) is 0 Å². The van der Waals surface area contributed by atoms with Crippen molar-refractivity contribution >= 4 is 5.97 Å². The number of hydrogen-bond donors (Lipinski definition) is 0. The van der Waals surface area contributed by atoms with Crippen molar-refractivity contribution in [2.45, 2.75) is 0 Å². The van der Waals surface area contributed by atoms with Crippen molar-refractivity contribution < 1.29 is 19.0 Å². The Morgan fingerprint density at radius 1 is 0.952 bits per heavy atom. The average Bonchev–Trinajstić information content (AvgIpc) is 2.55. The molecule has 2 rings (SSSR count). The van der Waals surface area contributed by atoms with Gasteiger partial charge >= 0.3 is 5.97 Å². The summed E-state index contributed by atoms with van der Waals surface area (Å²) < 4.78 is 15.5. The predicted molar refractivity (Wildman–Crippen MR) is 80.8 cm³/mol. The third-order valence-electron chi connectivity index (χ3n) is 2.96. The minimum Gasteiger partial charge on any atom is -0.497 e. The van der Waals surface area contributed by atoms with Crippen LogP contribution in [0, 0.1) is 0 Å². The Morgan fingerprint density at radius 3 is 2.19 bits per heavy atom. The van der Waals surface area contributed by atoms with E-state index >= 15 is 0 Å². The van der Waals surface area contributed by atoms with Crippen LogP contribution in [0.2, 0.25) is 0 Å². The van der Waals surface area contributed by atoms with Crippen LogP contribution in [-0.4, -0.2) is 20.2 Å². The van der Waals surface area contributed by atoms with Gasteiger partial charge in [0.25, 0.3) is 0 Å². The highest BCUT2D eigenvalue weighted by Crippen LogP contribution is 2.33. The quantitative estimate of drug-likeness (QED) is 0.479. The summed E-state index contributed by atoms with van der Waals surface area (Å²) in [5.74, 6) is 1.12. The van der Waals surface area contributed by atoms with Gasteiger partial charge in [0.15, 0.2) is 11.5 Å². The zero-order chi connectivity index (χ0) is 15.2. The minimum atomic E-state index is -0.523. The molecule has 2 aromatic rings. The van der Waals surface area contributed by atoms with Gasteiger partial charge in [-0.25, -0.2) is 4.79 Å². The second-order valence-electron chi connectivity index (χ2n) is 4.22. The van der Waals surface area contributed by atoms with Crippen LogP contribution in [-0.2, 0) is 4.79 Å². The molecule has 0 aliphatic rings. The van der Waals surface area contributed by atoms with Gasteiger partial charge in [0.1, 0.15) is 5.75 Å². The van der Waals surface area contributed by atoms with E-state index in [-0.39, 0.29) is 0 Å². The number of carbonyl (C=O) groups is 1. The van der Waals surface area contributed by atoms with E-state index in [2.05, 4.69) is 6.58 Å². The first kappa shape index (κ1) is 14.7. The standard InChI is InChI=1S/C17H16O4/c1-4-17(18)21-15-10-7-13(11-16(15)20-3)12-5-8-14(19-2)9-6-12/h4-11H,1H2,2-3H3. The zero-order valence-electron chi connectivity index (χ0n) is 12.0. The van der Waals surface area contributed by atoms with Crippen molar-refractivity contribution in [3.63, 3.8) is 0 Å². The van der Waals surface area contributed by atoms with Crippen LogP contribution in [0.25, 0.3) is 11.1 Å². The van der Waals surface area contributed by atoms with Crippen molar-refractivity contribution in [2.75, 3.05) is 14.2 Å². The van der Waals surface area contributed by atoms with Crippen LogP contribution < -0.4 is 14.2 Å². The summed E-state index contributed by atoms with van der Waals surface area (Å²) in [6.07, 6.45) is 1.11. The Balaban J connectivity index is 2.33. The summed E-state index contributed by atoms with van der Waals surface area (Å²) in [6, 6.07) is 13.0. The van der Waals surface area contributed by atoms with Gasteiger partial charge < -0.3 is 14.2 Å². The maximum Gasteiger partial charge on any atom is 0.335 e. The molecule has 21 heavy (non-hydrogen) atoms. The third kappa shape index (κ3) is 3.42. The molecule has 0 N–H and O–H groups in total. The molecular weight excluding hydrogens is 268 g/mol. The van der Waals surface area contributed by atoms with E-state index in [9.17, 15) is 4.79 Å². The van der Waals surface area contributed by atoms with E-state index in [1.54, 1.807) is 13.2 Å². The molecule has 0 spiro atoms. The molecule has 0 unspecified atom stereocenters. The van der Waals surface area contributed by atoms with Crippen molar-refractivity contribution in [3.8, 4) is 28.4 Å². The van der Waals surface area contributed by atoms with E-state index in [0.29, 0.717) is 11.5 Å². The number of ether oxygens (including phenoxy) is 3. The van der Waals surface area contributed by atoms with E-state index in [1.807, 2.05) is 36.4 Å². The first-order valence-corrected chi connectivity index (χ1v) is 6.34. The highest BCUT2D eigenvalue weighted by Gasteiger charge is 2.09. The molecule has 0 atom stereocenters. The van der Waals surface area contributed by atoms with Gasteiger partial charge in [0.05, 0.1) is 14.2 Å². The zero-order valence-corrected chi connectivity index (χ0v) is 12.0. The smallest absolute Gasteiger partial charge is 0.335 e. The fourth-order valence-corrected chi connectivity index (χ4v) is 1.86. The Kier molecular flexibility index (Phi) is 4.61. The normalized spacial score (nSPS) is 9.81. The lowest BCUT2D eigenvalue weighted by molar-refractivity contribution is -0.129. The van der Waals surface area contributed by atoms with Gasteiger partial charge in [0, 0.05) is 6.08 Å². The van der Waals surface area contributed by atoms with Crippen LogP contribution >= 0.6 is 0 Å². The maximum absolute atomic E-state index is 11.3. The number of benzene rings is 2. The molecule has 0 aliphatic heterocycles. The van der Waals surface area contributed by atoms with Crippen LogP contribution in [0.5, 0.6) is 17.2 Å². The molecule has 0 saturated heterocycles. The molecule has 0 fully saturated rings. The van der Waals surface area contributed by atoms with Crippen molar-refractivity contribution in [1.82, 2.24) is 0 Å². The molecule has 0 saturated carbocycles. The molecule has 0 heterocycles. The molecule has 2 aromatic carbocycles. The number of hydrogen-bond acceptors (Lipinski definition) is 4. The molecule has 0 aromatic heterocycles. The highest BCUT2D eigenvalue weighted by atomic mass is 16.6. The second-order valence-corrected chi connectivity index (χ2v) is 4.22. The lowest BCUT2D eigenvalue weighted by atomic mass is 10.1. The van der Waals surface area contributed by atoms with Crippen molar-refractivity contribution in [3.05, 3.63) is 55.1 Å². The van der Waals surface area contributed by atoms with E-state index < -0.39 is 5.97 Å². The summed E-state index contributed by atoms with van der Waals surface area (Å²) >= 11 is 0. The molecule has 0 aliphatic carbocycles. The van der Waals surface area contributed by atoms with Gasteiger partial charge in [-0.3, -0.25) is 0 Å². The molecule has 0 bridgehead atoms. The molecule has 4 nitrogen and oxygen atoms in total. The van der Waals surface area contributed by atoms with E-state index in [4.69, 9.17) is 14.2 Å². The number of methoxy groups -OCH3 is 2. The van der Waals surface area contributed by atoms with Crippen molar-refractivity contribution in [1.29, 1.82) is 0 Å².